The first kappa shape index (κ1) is 8.43. The molecule has 0 radical (unpaired) electrons. The smallest absolute Gasteiger partial charge is 1.00 e. The number of hydrogen-bond donors (Lipinski definition) is 1. The van der Waals surface area contributed by atoms with Gasteiger partial charge in [-0.3, -0.25) is 4.79 Å². The maximum atomic E-state index is 9.77. The predicted octanol–water partition coefficient (Wildman–Crippen LogP) is -3.02. The van der Waals surface area contributed by atoms with Crippen molar-refractivity contribution in [3.8, 4) is 0 Å². The molecular weight excluding hydrogens is 119 g/mol. The summed E-state index contributed by atoms with van der Waals surface area (Å²) in [5, 5.41) is 8.04. The maximum Gasteiger partial charge on any atom is 1.00 e. The third kappa shape index (κ3) is 3.43. The molecule has 0 aromatic heterocycles. The van der Waals surface area contributed by atoms with Gasteiger partial charge in [-0.2, -0.15) is 0 Å². The van der Waals surface area contributed by atoms with E-state index in [1.54, 1.807) is 0 Å². The Morgan fingerprint density at radius 2 is 2.50 bits per heavy atom. The summed E-state index contributed by atoms with van der Waals surface area (Å²) in [6.07, 6.45) is 0.192. The Morgan fingerprint density at radius 3 is 2.62 bits per heavy atom. The Kier molecular flexibility index (Phi) is 3.64. The zero-order chi connectivity index (χ0) is 5.28. The Labute approximate surface area is 70.8 Å². The first-order chi connectivity index (χ1) is 3.29. The van der Waals surface area contributed by atoms with E-state index >= 15 is 0 Å². The van der Waals surface area contributed by atoms with Crippen LogP contribution in [0.1, 0.15) is 7.85 Å². The summed E-state index contributed by atoms with van der Waals surface area (Å²) >= 11 is 0. The molecule has 1 N–H and O–H groups in total. The van der Waals surface area contributed by atoms with Crippen LogP contribution in [-0.4, -0.2) is 23.8 Å². The monoisotopic (exact) mass is 126 g/mol. The van der Waals surface area contributed by atoms with E-state index in [2.05, 4.69) is 4.74 Å². The van der Waals surface area contributed by atoms with E-state index in [0.717, 1.165) is 0 Å². The van der Waals surface area contributed by atoms with Gasteiger partial charge in [0.2, 0.25) is 0 Å². The van der Waals surface area contributed by atoms with Gasteiger partial charge in [0.1, 0.15) is 0 Å². The summed E-state index contributed by atoms with van der Waals surface area (Å²) in [6, 6.07) is 0. The number of carbonyl (C=O) groups is 1. The van der Waals surface area contributed by atoms with E-state index in [-0.39, 0.29) is 43.5 Å². The molecule has 0 spiro atoms. The Hall–Kier alpha value is 0.430. The van der Waals surface area contributed by atoms with Gasteiger partial charge in [-0.15, -0.1) is 0 Å². The third-order valence-corrected chi connectivity index (χ3v) is 0.805. The molecule has 1 saturated heterocycles. The molecule has 1 unspecified atom stereocenters. The molecule has 3 nitrogen and oxygen atoms in total. The van der Waals surface area contributed by atoms with Crippen LogP contribution in [0.25, 0.3) is 0 Å². The van der Waals surface area contributed by atoms with Gasteiger partial charge < -0.3 is 11.3 Å². The maximum absolute atomic E-state index is 9.77. The molecular formula is C4H7NaO3. The Bertz CT molecular complexity index is 93.8. The fourth-order valence-electron chi connectivity index (χ4n) is 0.381. The number of hydrogen-bond acceptors (Lipinski definition) is 2. The van der Waals surface area contributed by atoms with Gasteiger partial charge in [0.15, 0.2) is 0 Å². The minimum atomic E-state index is -0.775. The second-order valence-corrected chi connectivity index (χ2v) is 1.55. The van der Waals surface area contributed by atoms with Gasteiger partial charge in [0.05, 0.1) is 19.1 Å². The van der Waals surface area contributed by atoms with Crippen molar-refractivity contribution in [3.63, 3.8) is 0 Å². The van der Waals surface area contributed by atoms with Crippen LogP contribution in [0.5, 0.6) is 0 Å². The summed E-state index contributed by atoms with van der Waals surface area (Å²) in [7, 11) is 0. The van der Waals surface area contributed by atoms with Crippen LogP contribution < -0.4 is 29.6 Å². The number of ether oxygens (including phenoxy) is 1. The predicted molar refractivity (Wildman–Crippen MR) is 23.1 cm³/mol. The van der Waals surface area contributed by atoms with Crippen LogP contribution in [-0.2, 0) is 9.53 Å². The van der Waals surface area contributed by atoms with E-state index in [4.69, 9.17) is 5.11 Å². The number of carboxylic acid groups (broad SMARTS) is 1. The van der Waals surface area contributed by atoms with Crippen LogP contribution in [0, 0.1) is 0 Å². The molecule has 1 heterocycles. The van der Waals surface area contributed by atoms with E-state index < -0.39 is 5.97 Å². The fourth-order valence-corrected chi connectivity index (χ4v) is 0.381. The largest absolute Gasteiger partial charge is 1.00 e. The summed E-state index contributed by atoms with van der Waals surface area (Å²) in [5.74, 6) is -0.775. The average molecular weight is 126 g/mol. The summed E-state index contributed by atoms with van der Waals surface area (Å²) in [5.41, 5.74) is 0. The van der Waals surface area contributed by atoms with Crippen molar-refractivity contribution >= 4 is 5.97 Å². The molecule has 0 amide bonds. The van der Waals surface area contributed by atoms with Gasteiger partial charge >= 0.3 is 35.5 Å². The van der Waals surface area contributed by atoms with Crippen molar-refractivity contribution in [2.75, 3.05) is 6.61 Å². The zero-order valence-electron chi connectivity index (χ0n) is 5.76. The van der Waals surface area contributed by atoms with Crippen molar-refractivity contribution in [2.45, 2.75) is 12.5 Å². The van der Waals surface area contributed by atoms with Crippen molar-refractivity contribution in [2.24, 2.45) is 0 Å². The zero-order valence-corrected chi connectivity index (χ0v) is 6.76. The number of carboxylic acids is 1. The van der Waals surface area contributed by atoms with E-state index in [9.17, 15) is 4.79 Å². The molecule has 1 fully saturated rings. The van der Waals surface area contributed by atoms with E-state index in [0.29, 0.717) is 6.61 Å². The van der Waals surface area contributed by atoms with Gasteiger partial charge in [-0.25, -0.2) is 0 Å². The number of rotatable bonds is 2. The molecule has 0 aliphatic carbocycles. The summed E-state index contributed by atoms with van der Waals surface area (Å²) in [6.45, 7) is 0.631. The molecule has 1 aliphatic rings. The molecule has 0 aromatic carbocycles. The summed E-state index contributed by atoms with van der Waals surface area (Å²) in [4.78, 5) is 9.77. The van der Waals surface area contributed by atoms with Crippen LogP contribution >= 0.6 is 0 Å². The standard InChI is InChI=1S/C4H6O3.Na.H/c5-4(6)1-3-2-7-3;;/h3H,1-2H2,(H,5,6);;/q;+1;-1. The first-order valence-electron chi connectivity index (χ1n) is 2.12. The fraction of sp³-hybridized carbons (Fsp3) is 0.750. The Balaban J connectivity index is 0. The summed E-state index contributed by atoms with van der Waals surface area (Å²) < 4.78 is 4.64. The number of aliphatic carboxylic acids is 1. The van der Waals surface area contributed by atoms with E-state index in [1.165, 1.54) is 0 Å². The molecule has 8 heavy (non-hydrogen) atoms. The topological polar surface area (TPSA) is 49.8 Å². The van der Waals surface area contributed by atoms with Crippen LogP contribution in [0.4, 0.5) is 0 Å². The van der Waals surface area contributed by atoms with Crippen molar-refractivity contribution in [1.29, 1.82) is 0 Å². The molecule has 42 valence electrons. The molecule has 0 bridgehead atoms. The first-order valence-corrected chi connectivity index (χ1v) is 2.12. The second-order valence-electron chi connectivity index (χ2n) is 1.55. The molecule has 1 aliphatic heterocycles. The van der Waals surface area contributed by atoms with Gasteiger partial charge in [-0.05, 0) is 0 Å². The van der Waals surface area contributed by atoms with Crippen molar-refractivity contribution in [3.05, 3.63) is 0 Å². The molecule has 1 atom stereocenters. The van der Waals surface area contributed by atoms with Crippen molar-refractivity contribution in [1.82, 2.24) is 0 Å². The van der Waals surface area contributed by atoms with Crippen LogP contribution in [0.15, 0.2) is 0 Å². The van der Waals surface area contributed by atoms with Gasteiger partial charge in [0.25, 0.3) is 0 Å². The number of epoxide rings is 1. The van der Waals surface area contributed by atoms with Crippen LogP contribution in [0.2, 0.25) is 0 Å². The molecule has 1 rings (SSSR count). The third-order valence-electron chi connectivity index (χ3n) is 0.805. The minimum Gasteiger partial charge on any atom is -1.00 e. The van der Waals surface area contributed by atoms with Crippen LogP contribution in [0.3, 0.4) is 0 Å². The minimum absolute atomic E-state index is 0. The second kappa shape index (κ2) is 3.45. The Morgan fingerprint density at radius 1 is 2.00 bits per heavy atom. The average Bonchev–Trinajstić information content (AvgIpc) is 2.17. The molecule has 0 saturated carbocycles. The van der Waals surface area contributed by atoms with Crippen molar-refractivity contribution < 1.29 is 45.6 Å². The SMILES string of the molecule is O=C(O)CC1CO1.[H-].[Na+]. The normalized spacial score (nSPS) is 23.8. The van der Waals surface area contributed by atoms with E-state index in [1.807, 2.05) is 0 Å². The van der Waals surface area contributed by atoms with Gasteiger partial charge in [-0.1, -0.05) is 0 Å². The molecule has 4 heteroatoms. The molecule has 0 aromatic rings. The van der Waals surface area contributed by atoms with Gasteiger partial charge in [0, 0.05) is 0 Å². The quantitative estimate of drug-likeness (QED) is 0.316.